The average Bonchev–Trinajstić information content (AvgIpc) is 2.69. The summed E-state index contributed by atoms with van der Waals surface area (Å²) in [6.45, 7) is 9.57. The third kappa shape index (κ3) is 1.54. The second-order valence-electron chi connectivity index (χ2n) is 3.58. The van der Waals surface area contributed by atoms with E-state index in [0.29, 0.717) is 0 Å². The Labute approximate surface area is 89.1 Å². The molecular formula is C10H15N5. The van der Waals surface area contributed by atoms with Gasteiger partial charge in [0.2, 0.25) is 5.95 Å². The fourth-order valence-corrected chi connectivity index (χ4v) is 1.85. The highest BCUT2D eigenvalue weighted by Crippen LogP contribution is 2.26. The largest absolute Gasteiger partial charge is 0.310 e. The van der Waals surface area contributed by atoms with Gasteiger partial charge in [0.25, 0.3) is 0 Å². The Morgan fingerprint density at radius 1 is 1.53 bits per heavy atom. The molecule has 2 heterocycles. The van der Waals surface area contributed by atoms with Crippen LogP contribution in [0, 0.1) is 0 Å². The zero-order valence-electron chi connectivity index (χ0n) is 9.14. The van der Waals surface area contributed by atoms with Crippen LogP contribution in [-0.4, -0.2) is 26.8 Å². The minimum absolute atomic E-state index is 0.746. The third-order valence-electron chi connectivity index (χ3n) is 2.75. The molecule has 0 aliphatic carbocycles. The highest BCUT2D eigenvalue weighted by Gasteiger charge is 2.23. The van der Waals surface area contributed by atoms with Gasteiger partial charge in [0.1, 0.15) is 0 Å². The number of allylic oxidation sites excluding steroid dienone is 2. The molecule has 0 radical (unpaired) electrons. The second-order valence-corrected chi connectivity index (χ2v) is 3.58. The van der Waals surface area contributed by atoms with Gasteiger partial charge in [0.05, 0.1) is 6.54 Å². The Kier molecular flexibility index (Phi) is 2.53. The molecule has 2 rings (SSSR count). The van der Waals surface area contributed by atoms with Gasteiger partial charge < -0.3 is 4.90 Å². The Morgan fingerprint density at radius 2 is 2.33 bits per heavy atom. The van der Waals surface area contributed by atoms with Crippen molar-refractivity contribution in [1.82, 2.24) is 20.2 Å². The molecule has 1 aromatic heterocycles. The lowest BCUT2D eigenvalue weighted by molar-refractivity contribution is 0.598. The first kappa shape index (κ1) is 9.89. The van der Waals surface area contributed by atoms with E-state index in [0.717, 1.165) is 25.5 Å². The molecule has 0 aromatic carbocycles. The number of anilines is 1. The summed E-state index contributed by atoms with van der Waals surface area (Å²) in [6, 6.07) is 0. The number of rotatable bonds is 3. The SMILES string of the molecule is C=CCN1C(C)=C(CC)Cn2nnnc21. The van der Waals surface area contributed by atoms with Crippen molar-refractivity contribution < 1.29 is 0 Å². The number of fused-ring (bicyclic) bond motifs is 1. The van der Waals surface area contributed by atoms with E-state index in [-0.39, 0.29) is 0 Å². The Bertz CT molecular complexity index is 404. The van der Waals surface area contributed by atoms with Gasteiger partial charge in [-0.05, 0) is 29.3 Å². The standard InChI is InChI=1S/C10H15N5/c1-4-6-14-8(3)9(5-2)7-15-10(14)11-12-13-15/h4H,1,5-7H2,2-3H3. The highest BCUT2D eigenvalue weighted by atomic mass is 15.6. The normalized spacial score (nSPS) is 15.5. The average molecular weight is 205 g/mol. The Hall–Kier alpha value is -1.65. The van der Waals surface area contributed by atoms with Gasteiger partial charge in [-0.3, -0.25) is 0 Å². The molecule has 15 heavy (non-hydrogen) atoms. The molecule has 0 atom stereocenters. The van der Waals surface area contributed by atoms with Gasteiger partial charge in [-0.1, -0.05) is 18.1 Å². The molecule has 0 saturated heterocycles. The number of tetrazole rings is 1. The van der Waals surface area contributed by atoms with Gasteiger partial charge in [-0.25, -0.2) is 4.68 Å². The van der Waals surface area contributed by atoms with Crippen molar-refractivity contribution in [3.63, 3.8) is 0 Å². The van der Waals surface area contributed by atoms with Gasteiger partial charge in [-0.2, -0.15) is 0 Å². The van der Waals surface area contributed by atoms with Crippen LogP contribution in [0.2, 0.25) is 0 Å². The molecule has 0 spiro atoms. The molecule has 80 valence electrons. The molecule has 0 bridgehead atoms. The zero-order valence-corrected chi connectivity index (χ0v) is 9.14. The van der Waals surface area contributed by atoms with Crippen molar-refractivity contribution in [2.75, 3.05) is 11.4 Å². The Balaban J connectivity index is 2.42. The molecule has 0 amide bonds. The summed E-state index contributed by atoms with van der Waals surface area (Å²) in [5, 5.41) is 11.7. The summed E-state index contributed by atoms with van der Waals surface area (Å²) < 4.78 is 1.83. The molecule has 1 aliphatic heterocycles. The fourth-order valence-electron chi connectivity index (χ4n) is 1.85. The van der Waals surface area contributed by atoms with Crippen LogP contribution in [0.3, 0.4) is 0 Å². The Morgan fingerprint density at radius 3 is 3.00 bits per heavy atom. The van der Waals surface area contributed by atoms with E-state index in [1.807, 2.05) is 10.8 Å². The van der Waals surface area contributed by atoms with E-state index >= 15 is 0 Å². The second kappa shape index (κ2) is 3.84. The lowest BCUT2D eigenvalue weighted by atomic mass is 10.1. The smallest absolute Gasteiger partial charge is 0.250 e. The topological polar surface area (TPSA) is 46.8 Å². The van der Waals surface area contributed by atoms with E-state index in [4.69, 9.17) is 0 Å². The lowest BCUT2D eigenvalue weighted by Gasteiger charge is -2.29. The van der Waals surface area contributed by atoms with E-state index in [9.17, 15) is 0 Å². The lowest BCUT2D eigenvalue weighted by Crippen LogP contribution is -2.30. The van der Waals surface area contributed by atoms with Crippen LogP contribution in [0.1, 0.15) is 20.3 Å². The van der Waals surface area contributed by atoms with E-state index < -0.39 is 0 Å². The van der Waals surface area contributed by atoms with Crippen LogP contribution in [0.25, 0.3) is 0 Å². The molecule has 5 heteroatoms. The molecule has 0 saturated carbocycles. The first-order valence-electron chi connectivity index (χ1n) is 5.11. The van der Waals surface area contributed by atoms with Crippen molar-refractivity contribution in [1.29, 1.82) is 0 Å². The predicted molar refractivity (Wildman–Crippen MR) is 58.4 cm³/mol. The third-order valence-corrected chi connectivity index (χ3v) is 2.75. The fraction of sp³-hybridized carbons (Fsp3) is 0.500. The molecule has 0 fully saturated rings. The van der Waals surface area contributed by atoms with Crippen LogP contribution in [0.5, 0.6) is 0 Å². The molecule has 5 nitrogen and oxygen atoms in total. The summed E-state index contributed by atoms with van der Waals surface area (Å²) in [5.74, 6) is 0.810. The number of aromatic nitrogens is 4. The molecule has 1 aromatic rings. The summed E-state index contributed by atoms with van der Waals surface area (Å²) >= 11 is 0. The maximum Gasteiger partial charge on any atom is 0.250 e. The van der Waals surface area contributed by atoms with Gasteiger partial charge in [-0.15, -0.1) is 6.58 Å². The van der Waals surface area contributed by atoms with Crippen molar-refractivity contribution in [2.45, 2.75) is 26.8 Å². The summed E-state index contributed by atoms with van der Waals surface area (Å²) in [7, 11) is 0. The van der Waals surface area contributed by atoms with E-state index in [1.165, 1.54) is 11.3 Å². The first-order chi connectivity index (χ1) is 7.27. The van der Waals surface area contributed by atoms with E-state index in [2.05, 4.69) is 40.9 Å². The summed E-state index contributed by atoms with van der Waals surface area (Å²) in [6.07, 6.45) is 2.89. The maximum atomic E-state index is 4.02. The van der Waals surface area contributed by atoms with Crippen LogP contribution in [-0.2, 0) is 6.54 Å². The minimum atomic E-state index is 0.746. The highest BCUT2D eigenvalue weighted by molar-refractivity contribution is 5.44. The molecule has 1 aliphatic rings. The minimum Gasteiger partial charge on any atom is -0.310 e. The predicted octanol–water partition coefficient (Wildman–Crippen LogP) is 1.36. The number of hydrogen-bond donors (Lipinski definition) is 0. The van der Waals surface area contributed by atoms with Crippen molar-refractivity contribution in [3.8, 4) is 0 Å². The van der Waals surface area contributed by atoms with Crippen molar-refractivity contribution in [3.05, 3.63) is 23.9 Å². The molecule has 0 unspecified atom stereocenters. The van der Waals surface area contributed by atoms with Gasteiger partial charge in [0.15, 0.2) is 0 Å². The molecule has 0 N–H and O–H groups in total. The first-order valence-corrected chi connectivity index (χ1v) is 5.11. The van der Waals surface area contributed by atoms with E-state index in [1.54, 1.807) is 0 Å². The van der Waals surface area contributed by atoms with Crippen LogP contribution in [0.4, 0.5) is 5.95 Å². The van der Waals surface area contributed by atoms with Gasteiger partial charge in [0, 0.05) is 12.2 Å². The number of nitrogens with zero attached hydrogens (tertiary/aromatic N) is 5. The van der Waals surface area contributed by atoms with Crippen LogP contribution in [0.15, 0.2) is 23.9 Å². The van der Waals surface area contributed by atoms with Crippen molar-refractivity contribution >= 4 is 5.95 Å². The summed E-state index contributed by atoms with van der Waals surface area (Å²) in [5.41, 5.74) is 2.62. The monoisotopic (exact) mass is 205 g/mol. The van der Waals surface area contributed by atoms with Crippen LogP contribution < -0.4 is 4.90 Å². The molecular weight excluding hydrogens is 190 g/mol. The number of hydrogen-bond acceptors (Lipinski definition) is 4. The quantitative estimate of drug-likeness (QED) is 0.699. The zero-order chi connectivity index (χ0) is 10.8. The van der Waals surface area contributed by atoms with Crippen molar-refractivity contribution in [2.24, 2.45) is 0 Å². The van der Waals surface area contributed by atoms with Gasteiger partial charge >= 0.3 is 0 Å². The summed E-state index contributed by atoms with van der Waals surface area (Å²) in [4.78, 5) is 2.09. The maximum absolute atomic E-state index is 4.02. The van der Waals surface area contributed by atoms with Crippen LogP contribution >= 0.6 is 0 Å².